The Hall–Kier alpha value is -4.89. The number of esters is 1. The zero-order valence-electron chi connectivity index (χ0n) is 36.3. The molecule has 3 saturated heterocycles. The van der Waals surface area contributed by atoms with Gasteiger partial charge in [0.25, 0.3) is 5.91 Å². The molecule has 2 aromatic carbocycles. The first kappa shape index (κ1) is 44.7. The summed E-state index contributed by atoms with van der Waals surface area (Å²) in [6, 6.07) is 11.7. The molecule has 4 aliphatic rings. The van der Waals surface area contributed by atoms with Crippen LogP contribution in [0.4, 0.5) is 15.3 Å². The van der Waals surface area contributed by atoms with Crippen molar-refractivity contribution in [3.8, 4) is 0 Å². The molecule has 0 aliphatic carbocycles. The Bertz CT molecular complexity index is 1990. The smallest absolute Gasteiger partial charge is 0.419 e. The van der Waals surface area contributed by atoms with Crippen LogP contribution in [0.3, 0.4) is 0 Å². The molecule has 3 aromatic rings. The van der Waals surface area contributed by atoms with E-state index in [9.17, 15) is 24.0 Å². The Kier molecular flexibility index (Phi) is 15.7. The number of nitrogens with one attached hydrogen (secondary N) is 1. The molecule has 1 atom stereocenters. The molecular weight excluding hydrogens is 767 g/mol. The summed E-state index contributed by atoms with van der Waals surface area (Å²) >= 11 is 0. The number of fused-ring (bicyclic) bond motifs is 2. The number of aromatic nitrogens is 1. The summed E-state index contributed by atoms with van der Waals surface area (Å²) in [5.74, 6) is -0.839. The minimum atomic E-state index is -1.07. The molecular formula is C45H65N7O8. The van der Waals surface area contributed by atoms with Crippen LogP contribution in [0.2, 0.25) is 0 Å². The first-order chi connectivity index (χ1) is 29.0. The molecule has 3 fully saturated rings. The molecule has 60 heavy (non-hydrogen) atoms. The number of aryl methyl sites for hydroxylation is 2. The van der Waals surface area contributed by atoms with Gasteiger partial charge >= 0.3 is 23.8 Å². The highest BCUT2D eigenvalue weighted by Crippen LogP contribution is 2.27. The van der Waals surface area contributed by atoms with Gasteiger partial charge in [0.15, 0.2) is 11.7 Å². The van der Waals surface area contributed by atoms with E-state index in [-0.39, 0.29) is 30.4 Å². The van der Waals surface area contributed by atoms with E-state index < -0.39 is 18.0 Å². The van der Waals surface area contributed by atoms with Crippen molar-refractivity contribution < 1.29 is 33.1 Å². The van der Waals surface area contributed by atoms with Crippen LogP contribution in [0.25, 0.3) is 11.1 Å². The van der Waals surface area contributed by atoms with E-state index in [1.807, 2.05) is 54.0 Å². The molecule has 1 N–H and O–H groups in total. The Labute approximate surface area is 353 Å². The number of benzene rings is 2. The molecule has 15 nitrogen and oxygen atoms in total. The van der Waals surface area contributed by atoms with Gasteiger partial charge in [-0.05, 0) is 74.3 Å². The minimum Gasteiger partial charge on any atom is -0.466 e. The van der Waals surface area contributed by atoms with Gasteiger partial charge in [-0.25, -0.2) is 14.4 Å². The van der Waals surface area contributed by atoms with Crippen LogP contribution >= 0.6 is 0 Å². The minimum absolute atomic E-state index is 0.0188. The molecule has 1 aromatic heterocycles. The van der Waals surface area contributed by atoms with Gasteiger partial charge in [-0.1, -0.05) is 51.5 Å². The van der Waals surface area contributed by atoms with Gasteiger partial charge in [0, 0.05) is 96.7 Å². The standard InChI is InChI=1S/C42H57N7O8.C3H8/c1-4-25-55-37(50)14-15-45-21-23-46(24-22-45)32-10-16-47(17-11-32)39(51)36(28-30-26-29(2)38-35(27-30)56-41(53)44(38)3)57-42(54)48-18-12-33(13-19-48)49-20-9-31-7-5-6-8-34(31)43-40(49)52;1-3-2/h5-8,26-27,32-33,36H,4,9-25,28H2,1-3H3,(H,43,52);3H2,1-2H3/t36-;/m1./s1. The summed E-state index contributed by atoms with van der Waals surface area (Å²) < 4.78 is 18.3. The fraction of sp³-hybridized carbons (Fsp3) is 0.622. The van der Waals surface area contributed by atoms with Gasteiger partial charge in [0.2, 0.25) is 0 Å². The lowest BCUT2D eigenvalue weighted by molar-refractivity contribution is -0.144. The SMILES string of the molecule is CCC.CCCOC(=O)CCN1CCN(C2CCN(C(=O)[C@@H](Cc3cc(C)c4c(c3)oc(=O)n4C)OC(=O)N3CCC(N4CCc5ccccc5NC4=O)CC3)CC2)CC1. The summed E-state index contributed by atoms with van der Waals surface area (Å²) in [7, 11) is 1.66. The second-order valence-electron chi connectivity index (χ2n) is 16.6. The molecule has 0 spiro atoms. The van der Waals surface area contributed by atoms with Gasteiger partial charge in [0.1, 0.15) is 0 Å². The van der Waals surface area contributed by atoms with E-state index in [0.29, 0.717) is 82.3 Å². The number of para-hydroxylation sites is 1. The number of anilines is 1. The van der Waals surface area contributed by atoms with Crippen LogP contribution < -0.4 is 11.1 Å². The van der Waals surface area contributed by atoms with Crippen molar-refractivity contribution in [1.29, 1.82) is 0 Å². The van der Waals surface area contributed by atoms with Gasteiger partial charge in [0.05, 0.1) is 18.5 Å². The molecule has 0 saturated carbocycles. The highest BCUT2D eigenvalue weighted by molar-refractivity contribution is 5.91. The molecule has 0 unspecified atom stereocenters. The number of ether oxygens (including phenoxy) is 2. The normalized spacial score (nSPS) is 18.9. The largest absolute Gasteiger partial charge is 0.466 e. The van der Waals surface area contributed by atoms with Crippen LogP contribution in [-0.2, 0) is 39.0 Å². The van der Waals surface area contributed by atoms with E-state index in [2.05, 4.69) is 29.0 Å². The van der Waals surface area contributed by atoms with Crippen molar-refractivity contribution in [2.75, 3.05) is 77.4 Å². The number of carbonyl (C=O) groups excluding carboxylic acids is 4. The van der Waals surface area contributed by atoms with E-state index in [4.69, 9.17) is 13.9 Å². The molecule has 7 rings (SSSR count). The monoisotopic (exact) mass is 831 g/mol. The number of carbonyl (C=O) groups is 4. The number of hydrogen-bond donors (Lipinski definition) is 1. The number of urea groups is 1. The van der Waals surface area contributed by atoms with Crippen molar-refractivity contribution in [2.24, 2.45) is 7.05 Å². The van der Waals surface area contributed by atoms with E-state index in [0.717, 1.165) is 74.2 Å². The molecule has 4 amide bonds. The molecule has 15 heteroatoms. The first-order valence-corrected chi connectivity index (χ1v) is 22.1. The summed E-state index contributed by atoms with van der Waals surface area (Å²) in [4.78, 5) is 75.8. The van der Waals surface area contributed by atoms with E-state index >= 15 is 0 Å². The first-order valence-electron chi connectivity index (χ1n) is 22.1. The van der Waals surface area contributed by atoms with Crippen molar-refractivity contribution in [2.45, 2.75) is 104 Å². The van der Waals surface area contributed by atoms with Crippen molar-refractivity contribution in [1.82, 2.24) is 29.1 Å². The lowest BCUT2D eigenvalue weighted by Crippen LogP contribution is -2.55. The molecule has 0 radical (unpaired) electrons. The van der Waals surface area contributed by atoms with Crippen LogP contribution in [-0.4, -0.2) is 143 Å². The van der Waals surface area contributed by atoms with Crippen molar-refractivity contribution in [3.63, 3.8) is 0 Å². The maximum atomic E-state index is 14.3. The van der Waals surface area contributed by atoms with Crippen LogP contribution in [0.5, 0.6) is 0 Å². The molecule has 5 heterocycles. The Morgan fingerprint density at radius 2 is 1.53 bits per heavy atom. The summed E-state index contributed by atoms with van der Waals surface area (Å²) in [5, 5.41) is 3.05. The Morgan fingerprint density at radius 1 is 0.867 bits per heavy atom. The predicted molar refractivity (Wildman–Crippen MR) is 230 cm³/mol. The highest BCUT2D eigenvalue weighted by Gasteiger charge is 2.37. The zero-order chi connectivity index (χ0) is 42.8. The Morgan fingerprint density at radius 3 is 2.23 bits per heavy atom. The summed E-state index contributed by atoms with van der Waals surface area (Å²) in [6.45, 7) is 15.4. The third-order valence-corrected chi connectivity index (χ3v) is 12.2. The zero-order valence-corrected chi connectivity index (χ0v) is 36.3. The number of nitrogens with zero attached hydrogens (tertiary/aromatic N) is 6. The number of piperidine rings is 2. The average molecular weight is 832 g/mol. The lowest BCUT2D eigenvalue weighted by Gasteiger charge is -2.43. The molecule has 4 aliphatic heterocycles. The van der Waals surface area contributed by atoms with Gasteiger partial charge in [-0.3, -0.25) is 19.1 Å². The Balaban J connectivity index is 0.00000195. The third kappa shape index (κ3) is 11.1. The van der Waals surface area contributed by atoms with Crippen molar-refractivity contribution in [3.05, 3.63) is 63.6 Å². The topological polar surface area (TPSA) is 150 Å². The van der Waals surface area contributed by atoms with Crippen LogP contribution in [0, 0.1) is 6.92 Å². The van der Waals surface area contributed by atoms with Gasteiger partial charge < -0.3 is 38.8 Å². The number of hydrogen-bond acceptors (Lipinski definition) is 10. The molecule has 328 valence electrons. The predicted octanol–water partition coefficient (Wildman–Crippen LogP) is 5.41. The maximum Gasteiger partial charge on any atom is 0.419 e. The third-order valence-electron chi connectivity index (χ3n) is 12.2. The van der Waals surface area contributed by atoms with Crippen LogP contribution in [0.15, 0.2) is 45.6 Å². The quantitative estimate of drug-likeness (QED) is 0.249. The van der Waals surface area contributed by atoms with E-state index in [1.165, 1.54) is 11.0 Å². The number of rotatable bonds is 11. The fourth-order valence-electron chi connectivity index (χ4n) is 8.93. The van der Waals surface area contributed by atoms with Crippen molar-refractivity contribution >= 4 is 40.8 Å². The van der Waals surface area contributed by atoms with E-state index in [1.54, 1.807) is 18.0 Å². The lowest BCUT2D eigenvalue weighted by atomic mass is 9.99. The number of amides is 4. The molecule has 0 bridgehead atoms. The van der Waals surface area contributed by atoms with Crippen LogP contribution in [0.1, 0.15) is 82.4 Å². The fourth-order valence-corrected chi connectivity index (χ4v) is 8.93. The summed E-state index contributed by atoms with van der Waals surface area (Å²) in [5.41, 5.74) is 4.62. The number of oxazole rings is 1. The number of likely N-dealkylation sites (tertiary alicyclic amines) is 2. The second kappa shape index (κ2) is 21.1. The summed E-state index contributed by atoms with van der Waals surface area (Å²) in [6.07, 6.45) is 4.60. The van der Waals surface area contributed by atoms with Gasteiger partial charge in [-0.15, -0.1) is 0 Å². The average Bonchev–Trinajstić information content (AvgIpc) is 3.43. The highest BCUT2D eigenvalue weighted by atomic mass is 16.6. The maximum absolute atomic E-state index is 14.3. The second-order valence-corrected chi connectivity index (χ2v) is 16.6. The van der Waals surface area contributed by atoms with Gasteiger partial charge in [-0.2, -0.15) is 0 Å². The number of piperazine rings is 1.